The number of hydrogen-bond donors (Lipinski definition) is 1. The molecule has 0 aromatic heterocycles. The second-order valence-electron chi connectivity index (χ2n) is 6.81. The van der Waals surface area contributed by atoms with E-state index in [4.69, 9.17) is 0 Å². The van der Waals surface area contributed by atoms with E-state index in [0.717, 1.165) is 31.4 Å². The Morgan fingerprint density at radius 3 is 2.35 bits per heavy atom. The third kappa shape index (κ3) is 4.29. The number of hydrogen-bond acceptors (Lipinski definition) is 3. The van der Waals surface area contributed by atoms with Gasteiger partial charge in [-0.15, -0.1) is 0 Å². The molecule has 1 aliphatic heterocycles. The number of sulfonamides is 1. The Morgan fingerprint density at radius 2 is 1.78 bits per heavy atom. The van der Waals surface area contributed by atoms with E-state index in [1.54, 1.807) is 20.8 Å². The summed E-state index contributed by atoms with van der Waals surface area (Å²) in [6, 6.07) is 3.38. The minimum Gasteiger partial charge on any atom is -0.347 e. The molecule has 0 unspecified atom stereocenters. The topological polar surface area (TPSA) is 66.5 Å². The van der Waals surface area contributed by atoms with Crippen molar-refractivity contribution in [3.8, 4) is 0 Å². The minimum absolute atomic E-state index is 0.0418. The highest BCUT2D eigenvalue weighted by atomic mass is 32.2. The molecule has 1 saturated heterocycles. The van der Waals surface area contributed by atoms with Gasteiger partial charge in [-0.1, -0.05) is 6.42 Å². The van der Waals surface area contributed by atoms with Crippen molar-refractivity contribution in [2.75, 3.05) is 13.1 Å². The van der Waals surface area contributed by atoms with Gasteiger partial charge in [-0.05, 0) is 51.8 Å². The molecule has 1 amide bonds. The lowest BCUT2D eigenvalue weighted by molar-refractivity contribution is 0.0915. The van der Waals surface area contributed by atoms with Gasteiger partial charge in [-0.25, -0.2) is 12.8 Å². The van der Waals surface area contributed by atoms with Crippen LogP contribution in [0.15, 0.2) is 23.1 Å². The van der Waals surface area contributed by atoms with Crippen LogP contribution >= 0.6 is 0 Å². The first-order valence-electron chi connectivity index (χ1n) is 7.73. The van der Waals surface area contributed by atoms with Crippen molar-refractivity contribution >= 4 is 15.9 Å². The van der Waals surface area contributed by atoms with E-state index < -0.39 is 27.3 Å². The Bertz CT molecular complexity index is 690. The van der Waals surface area contributed by atoms with E-state index in [9.17, 15) is 17.6 Å². The summed E-state index contributed by atoms with van der Waals surface area (Å²) in [6.45, 7) is 6.25. The highest BCUT2D eigenvalue weighted by molar-refractivity contribution is 7.89. The van der Waals surface area contributed by atoms with E-state index in [1.807, 2.05) is 0 Å². The fourth-order valence-electron chi connectivity index (χ4n) is 2.50. The van der Waals surface area contributed by atoms with Crippen molar-refractivity contribution < 1.29 is 17.6 Å². The summed E-state index contributed by atoms with van der Waals surface area (Å²) in [5, 5.41) is 2.65. The molecule has 1 heterocycles. The molecule has 0 saturated carbocycles. The van der Waals surface area contributed by atoms with Crippen LogP contribution in [0.2, 0.25) is 0 Å². The van der Waals surface area contributed by atoms with E-state index >= 15 is 0 Å². The molecule has 7 heteroatoms. The molecular weight excluding hydrogens is 319 g/mol. The lowest BCUT2D eigenvalue weighted by Gasteiger charge is -2.26. The number of nitrogens with one attached hydrogen (secondary N) is 1. The van der Waals surface area contributed by atoms with Crippen LogP contribution in [0, 0.1) is 5.82 Å². The van der Waals surface area contributed by atoms with Crippen LogP contribution in [0.1, 0.15) is 50.4 Å². The number of amides is 1. The molecule has 2 rings (SSSR count). The van der Waals surface area contributed by atoms with Gasteiger partial charge in [0.25, 0.3) is 5.91 Å². The van der Waals surface area contributed by atoms with Crippen LogP contribution < -0.4 is 5.32 Å². The molecule has 1 fully saturated rings. The molecule has 0 bridgehead atoms. The van der Waals surface area contributed by atoms with Crippen LogP contribution in [0.5, 0.6) is 0 Å². The Labute approximate surface area is 136 Å². The van der Waals surface area contributed by atoms with Crippen molar-refractivity contribution in [3.63, 3.8) is 0 Å². The van der Waals surface area contributed by atoms with E-state index in [1.165, 1.54) is 10.4 Å². The van der Waals surface area contributed by atoms with Gasteiger partial charge >= 0.3 is 0 Å². The predicted octanol–water partition coefficient (Wildman–Crippen LogP) is 2.53. The average Bonchev–Trinajstić information content (AvgIpc) is 2.46. The second kappa shape index (κ2) is 6.57. The number of benzene rings is 1. The highest BCUT2D eigenvalue weighted by Gasteiger charge is 2.28. The summed E-state index contributed by atoms with van der Waals surface area (Å²) in [4.78, 5) is 12.1. The number of rotatable bonds is 3. The number of carbonyl (C=O) groups is 1. The summed E-state index contributed by atoms with van der Waals surface area (Å²) in [7, 11) is -3.69. The summed E-state index contributed by atoms with van der Waals surface area (Å²) in [6.07, 6.45) is 2.64. The van der Waals surface area contributed by atoms with Gasteiger partial charge < -0.3 is 5.32 Å². The van der Waals surface area contributed by atoms with Gasteiger partial charge in [0.15, 0.2) is 0 Å². The number of piperidine rings is 1. The van der Waals surface area contributed by atoms with Gasteiger partial charge in [-0.3, -0.25) is 4.79 Å². The van der Waals surface area contributed by atoms with Gasteiger partial charge in [-0.2, -0.15) is 4.31 Å². The summed E-state index contributed by atoms with van der Waals surface area (Å²) < 4.78 is 40.6. The Balaban J connectivity index is 2.34. The molecule has 0 radical (unpaired) electrons. The standard InChI is InChI=1S/C16H23FN2O3S/c1-16(2,3)18-15(20)13-11-12(7-8-14(13)17)23(21,22)19-9-5-4-6-10-19/h7-8,11H,4-6,9-10H2,1-3H3,(H,18,20). The first-order chi connectivity index (χ1) is 10.6. The molecule has 0 atom stereocenters. The van der Waals surface area contributed by atoms with Crippen LogP contribution in [0.4, 0.5) is 4.39 Å². The fraction of sp³-hybridized carbons (Fsp3) is 0.562. The lowest BCUT2D eigenvalue weighted by Crippen LogP contribution is -2.41. The van der Waals surface area contributed by atoms with Crippen molar-refractivity contribution in [3.05, 3.63) is 29.6 Å². The highest BCUT2D eigenvalue weighted by Crippen LogP contribution is 2.22. The normalized spacial score (nSPS) is 17.0. The maximum absolute atomic E-state index is 14.0. The van der Waals surface area contributed by atoms with Crippen LogP contribution in [0.25, 0.3) is 0 Å². The van der Waals surface area contributed by atoms with Gasteiger partial charge in [0.05, 0.1) is 10.5 Å². The molecule has 23 heavy (non-hydrogen) atoms. The summed E-state index contributed by atoms with van der Waals surface area (Å²) in [5.74, 6) is -1.35. The molecule has 1 aromatic carbocycles. The maximum atomic E-state index is 14.0. The molecular formula is C16H23FN2O3S. The number of carbonyl (C=O) groups excluding carboxylic acids is 1. The Hall–Kier alpha value is -1.47. The SMILES string of the molecule is CC(C)(C)NC(=O)c1cc(S(=O)(=O)N2CCCCC2)ccc1F. The number of nitrogens with zero attached hydrogens (tertiary/aromatic N) is 1. The first-order valence-corrected chi connectivity index (χ1v) is 9.17. The molecule has 0 aliphatic carbocycles. The van der Waals surface area contributed by atoms with Crippen LogP contribution in [0.3, 0.4) is 0 Å². The number of halogens is 1. The molecule has 1 N–H and O–H groups in total. The van der Waals surface area contributed by atoms with Crippen molar-refractivity contribution in [1.29, 1.82) is 0 Å². The van der Waals surface area contributed by atoms with Crippen LogP contribution in [-0.4, -0.2) is 37.3 Å². The smallest absolute Gasteiger partial charge is 0.254 e. The van der Waals surface area contributed by atoms with Crippen molar-refractivity contribution in [2.24, 2.45) is 0 Å². The third-order valence-corrected chi connectivity index (χ3v) is 5.52. The minimum atomic E-state index is -3.69. The molecule has 0 spiro atoms. The van der Waals surface area contributed by atoms with E-state index in [-0.39, 0.29) is 10.5 Å². The van der Waals surface area contributed by atoms with Gasteiger partial charge in [0.1, 0.15) is 5.82 Å². The Morgan fingerprint density at radius 1 is 1.17 bits per heavy atom. The van der Waals surface area contributed by atoms with Gasteiger partial charge in [0.2, 0.25) is 10.0 Å². The van der Waals surface area contributed by atoms with Crippen LogP contribution in [-0.2, 0) is 10.0 Å². The first kappa shape index (κ1) is 17.9. The lowest BCUT2D eigenvalue weighted by atomic mass is 10.1. The average molecular weight is 342 g/mol. The molecule has 128 valence electrons. The summed E-state index contributed by atoms with van der Waals surface area (Å²) in [5.41, 5.74) is -0.788. The molecule has 1 aliphatic rings. The fourth-order valence-corrected chi connectivity index (χ4v) is 4.04. The van der Waals surface area contributed by atoms with Crippen molar-refractivity contribution in [2.45, 2.75) is 50.5 Å². The second-order valence-corrected chi connectivity index (χ2v) is 8.75. The monoisotopic (exact) mass is 342 g/mol. The third-order valence-electron chi connectivity index (χ3n) is 3.62. The van der Waals surface area contributed by atoms with Gasteiger partial charge in [0, 0.05) is 18.6 Å². The van der Waals surface area contributed by atoms with Crippen molar-refractivity contribution in [1.82, 2.24) is 9.62 Å². The quantitative estimate of drug-likeness (QED) is 0.918. The molecule has 1 aromatic rings. The zero-order valence-corrected chi connectivity index (χ0v) is 14.5. The summed E-state index contributed by atoms with van der Waals surface area (Å²) >= 11 is 0. The largest absolute Gasteiger partial charge is 0.347 e. The molecule has 5 nitrogen and oxygen atoms in total. The Kier molecular flexibility index (Phi) is 5.10. The zero-order valence-electron chi connectivity index (χ0n) is 13.7. The predicted molar refractivity (Wildman–Crippen MR) is 86.2 cm³/mol. The van der Waals surface area contributed by atoms with E-state index in [2.05, 4.69) is 5.32 Å². The van der Waals surface area contributed by atoms with E-state index in [0.29, 0.717) is 13.1 Å². The zero-order chi connectivity index (χ0) is 17.3. The maximum Gasteiger partial charge on any atom is 0.254 e.